The maximum atomic E-state index is 4.78. The summed E-state index contributed by atoms with van der Waals surface area (Å²) in [7, 11) is 0. The molecule has 0 bridgehead atoms. The Balaban J connectivity index is 1.89. The molecular weight excluding hydrogens is 298 g/mol. The lowest BCUT2D eigenvalue weighted by Gasteiger charge is -2.11. The molecule has 0 fully saturated rings. The van der Waals surface area contributed by atoms with Crippen molar-refractivity contribution < 1.29 is 0 Å². The summed E-state index contributed by atoms with van der Waals surface area (Å²) < 4.78 is 0. The summed E-state index contributed by atoms with van der Waals surface area (Å²) in [4.78, 5) is 8.99. The molecule has 0 saturated carbocycles. The van der Waals surface area contributed by atoms with Crippen molar-refractivity contribution in [3.63, 3.8) is 0 Å². The van der Waals surface area contributed by atoms with Crippen LogP contribution in [-0.4, -0.2) is 20.2 Å². The molecule has 0 saturated heterocycles. The first kappa shape index (κ1) is 14.4. The molecule has 0 amide bonds. The van der Waals surface area contributed by atoms with Crippen molar-refractivity contribution in [2.24, 2.45) is 0 Å². The van der Waals surface area contributed by atoms with E-state index in [0.717, 1.165) is 39.4 Å². The Morgan fingerprint density at radius 1 is 1.04 bits per heavy atom. The van der Waals surface area contributed by atoms with Crippen LogP contribution in [0, 0.1) is 13.8 Å². The summed E-state index contributed by atoms with van der Waals surface area (Å²) in [6.45, 7) is 4.07. The van der Waals surface area contributed by atoms with Crippen LogP contribution in [0.4, 0.5) is 11.5 Å². The second-order valence-electron chi connectivity index (χ2n) is 5.82. The van der Waals surface area contributed by atoms with Gasteiger partial charge >= 0.3 is 0 Å². The van der Waals surface area contributed by atoms with Gasteiger partial charge in [0.25, 0.3) is 0 Å². The highest BCUT2D eigenvalue weighted by Crippen LogP contribution is 2.31. The first-order valence-electron chi connectivity index (χ1n) is 7.80. The van der Waals surface area contributed by atoms with E-state index in [1.54, 1.807) is 12.4 Å². The molecule has 2 N–H and O–H groups in total. The van der Waals surface area contributed by atoms with Crippen LogP contribution in [-0.2, 0) is 0 Å². The first-order chi connectivity index (χ1) is 11.7. The summed E-state index contributed by atoms with van der Waals surface area (Å²) in [6.07, 6.45) is 3.57. The van der Waals surface area contributed by atoms with Crippen LogP contribution in [0.25, 0.3) is 22.2 Å². The standard InChI is InChI=1S/C19H17N5/c1-12-5-3-4-6-14(12)16-10-17(22-19-9-13(2)23-24-19)15-7-8-20-11-18(15)21-16/h3-11H,1-2H3,(H2,21,22,23,24). The van der Waals surface area contributed by atoms with E-state index in [1.807, 2.05) is 31.2 Å². The van der Waals surface area contributed by atoms with E-state index >= 15 is 0 Å². The lowest BCUT2D eigenvalue weighted by atomic mass is 10.0. The number of rotatable bonds is 3. The highest BCUT2D eigenvalue weighted by molar-refractivity contribution is 5.94. The zero-order valence-corrected chi connectivity index (χ0v) is 13.5. The molecular formula is C19H17N5. The predicted octanol–water partition coefficient (Wildman–Crippen LogP) is 4.38. The molecule has 24 heavy (non-hydrogen) atoms. The van der Waals surface area contributed by atoms with E-state index < -0.39 is 0 Å². The molecule has 4 rings (SSSR count). The number of H-pyrrole nitrogens is 1. The Morgan fingerprint density at radius 2 is 1.92 bits per heavy atom. The van der Waals surface area contributed by atoms with Gasteiger partial charge in [-0.1, -0.05) is 24.3 Å². The van der Waals surface area contributed by atoms with E-state index in [9.17, 15) is 0 Å². The average molecular weight is 315 g/mol. The lowest BCUT2D eigenvalue weighted by Crippen LogP contribution is -1.96. The van der Waals surface area contributed by atoms with Gasteiger partial charge in [0.15, 0.2) is 5.82 Å². The van der Waals surface area contributed by atoms with E-state index in [2.05, 4.69) is 45.6 Å². The van der Waals surface area contributed by atoms with E-state index in [-0.39, 0.29) is 0 Å². The van der Waals surface area contributed by atoms with Crippen molar-refractivity contribution in [1.82, 2.24) is 20.2 Å². The fraction of sp³-hybridized carbons (Fsp3) is 0.105. The molecule has 0 atom stereocenters. The molecule has 5 heteroatoms. The zero-order chi connectivity index (χ0) is 16.5. The number of hydrogen-bond donors (Lipinski definition) is 2. The van der Waals surface area contributed by atoms with Crippen LogP contribution >= 0.6 is 0 Å². The van der Waals surface area contributed by atoms with Crippen LogP contribution in [0.1, 0.15) is 11.3 Å². The van der Waals surface area contributed by atoms with Crippen molar-refractivity contribution in [2.75, 3.05) is 5.32 Å². The Bertz CT molecular complexity index is 1020. The van der Waals surface area contributed by atoms with Gasteiger partial charge in [0, 0.05) is 28.9 Å². The van der Waals surface area contributed by atoms with Crippen LogP contribution < -0.4 is 5.32 Å². The molecule has 5 nitrogen and oxygen atoms in total. The third-order valence-electron chi connectivity index (χ3n) is 4.00. The van der Waals surface area contributed by atoms with Crippen molar-refractivity contribution in [1.29, 1.82) is 0 Å². The summed E-state index contributed by atoms with van der Waals surface area (Å²) in [6, 6.07) is 14.2. The van der Waals surface area contributed by atoms with Gasteiger partial charge in [0.1, 0.15) is 0 Å². The first-order valence-corrected chi connectivity index (χ1v) is 7.80. The van der Waals surface area contributed by atoms with E-state index in [4.69, 9.17) is 4.98 Å². The quantitative estimate of drug-likeness (QED) is 0.589. The Labute approximate surface area is 139 Å². The number of benzene rings is 1. The number of aromatic nitrogens is 4. The minimum absolute atomic E-state index is 0.785. The third-order valence-corrected chi connectivity index (χ3v) is 4.00. The predicted molar refractivity (Wildman–Crippen MR) is 96.3 cm³/mol. The highest BCUT2D eigenvalue weighted by atomic mass is 15.2. The van der Waals surface area contributed by atoms with Crippen molar-refractivity contribution in [2.45, 2.75) is 13.8 Å². The van der Waals surface area contributed by atoms with Crippen LogP contribution in [0.5, 0.6) is 0 Å². The fourth-order valence-electron chi connectivity index (χ4n) is 2.80. The minimum Gasteiger partial charge on any atom is -0.338 e. The molecule has 4 aromatic rings. The van der Waals surface area contributed by atoms with Gasteiger partial charge in [-0.2, -0.15) is 5.10 Å². The van der Waals surface area contributed by atoms with Gasteiger partial charge in [0.05, 0.1) is 23.1 Å². The molecule has 0 radical (unpaired) electrons. The van der Waals surface area contributed by atoms with Gasteiger partial charge in [-0.05, 0) is 31.5 Å². The monoisotopic (exact) mass is 315 g/mol. The minimum atomic E-state index is 0.785. The Kier molecular flexibility index (Phi) is 3.46. The molecule has 0 spiro atoms. The largest absolute Gasteiger partial charge is 0.338 e. The van der Waals surface area contributed by atoms with Crippen molar-refractivity contribution >= 4 is 22.4 Å². The van der Waals surface area contributed by atoms with Gasteiger partial charge in [0.2, 0.25) is 0 Å². The normalized spacial score (nSPS) is 10.9. The van der Waals surface area contributed by atoms with E-state index in [1.165, 1.54) is 5.56 Å². The molecule has 118 valence electrons. The van der Waals surface area contributed by atoms with Gasteiger partial charge in [-0.3, -0.25) is 10.1 Å². The number of nitrogens with one attached hydrogen (secondary N) is 2. The smallest absolute Gasteiger partial charge is 0.152 e. The van der Waals surface area contributed by atoms with Crippen LogP contribution in [0.3, 0.4) is 0 Å². The second-order valence-corrected chi connectivity index (χ2v) is 5.82. The maximum absolute atomic E-state index is 4.78. The number of nitrogens with zero attached hydrogens (tertiary/aromatic N) is 3. The van der Waals surface area contributed by atoms with Gasteiger partial charge < -0.3 is 5.32 Å². The molecule has 0 aliphatic rings. The van der Waals surface area contributed by atoms with E-state index in [0.29, 0.717) is 0 Å². The van der Waals surface area contributed by atoms with Crippen LogP contribution in [0.15, 0.2) is 54.9 Å². The highest BCUT2D eigenvalue weighted by Gasteiger charge is 2.10. The number of pyridine rings is 2. The molecule has 3 heterocycles. The Morgan fingerprint density at radius 3 is 2.71 bits per heavy atom. The molecule has 1 aromatic carbocycles. The van der Waals surface area contributed by atoms with Crippen LogP contribution in [0.2, 0.25) is 0 Å². The SMILES string of the molecule is Cc1cc(Nc2cc(-c3ccccc3C)nc3cnccc23)n[nH]1. The second kappa shape index (κ2) is 5.77. The van der Waals surface area contributed by atoms with Gasteiger partial charge in [-0.25, -0.2) is 4.98 Å². The summed E-state index contributed by atoms with van der Waals surface area (Å²) in [5.41, 5.74) is 6.06. The average Bonchev–Trinajstić information content (AvgIpc) is 3.00. The lowest BCUT2D eigenvalue weighted by molar-refractivity contribution is 1.05. The summed E-state index contributed by atoms with van der Waals surface area (Å²) in [5, 5.41) is 11.6. The van der Waals surface area contributed by atoms with Crippen molar-refractivity contribution in [3.05, 3.63) is 66.1 Å². The number of anilines is 2. The zero-order valence-electron chi connectivity index (χ0n) is 13.5. The van der Waals surface area contributed by atoms with Crippen molar-refractivity contribution in [3.8, 4) is 11.3 Å². The number of fused-ring (bicyclic) bond motifs is 1. The number of hydrogen-bond acceptors (Lipinski definition) is 4. The molecule has 0 unspecified atom stereocenters. The topological polar surface area (TPSA) is 66.5 Å². The number of aromatic amines is 1. The maximum Gasteiger partial charge on any atom is 0.152 e. The molecule has 3 aromatic heterocycles. The summed E-state index contributed by atoms with van der Waals surface area (Å²) >= 11 is 0. The fourth-order valence-corrected chi connectivity index (χ4v) is 2.80. The number of aryl methyl sites for hydroxylation is 2. The molecule has 0 aliphatic heterocycles. The Hall–Kier alpha value is -3.21. The summed E-state index contributed by atoms with van der Waals surface area (Å²) in [5.74, 6) is 0.785. The third kappa shape index (κ3) is 2.60. The van der Waals surface area contributed by atoms with Gasteiger partial charge in [-0.15, -0.1) is 0 Å². The molecule has 0 aliphatic carbocycles.